The van der Waals surface area contributed by atoms with E-state index in [2.05, 4.69) is 27.7 Å². The summed E-state index contributed by atoms with van der Waals surface area (Å²) in [5.74, 6) is -61.3. The quantitative estimate of drug-likeness (QED) is 0.105. The summed E-state index contributed by atoms with van der Waals surface area (Å²) in [4.78, 5) is 0. The largest absolute Gasteiger partial charge is 0.743 e. The molecule has 0 heterocycles. The molecule has 1 atom stereocenters. The van der Waals surface area contributed by atoms with Gasteiger partial charge in [-0.3, -0.25) is 0 Å². The van der Waals surface area contributed by atoms with Gasteiger partial charge in [0.1, 0.15) is 0 Å². The van der Waals surface area contributed by atoms with Crippen molar-refractivity contribution in [3.63, 3.8) is 0 Å². The Morgan fingerprint density at radius 2 is 0.773 bits per heavy atom. The first-order valence-corrected chi connectivity index (χ1v) is 12.8. The summed E-state index contributed by atoms with van der Waals surface area (Å²) < 4.78 is 291. The maximum Gasteiger partial charge on any atom is 0.402 e. The third-order valence-electron chi connectivity index (χ3n) is 6.56. The van der Waals surface area contributed by atoms with Gasteiger partial charge in [-0.05, 0) is 27.7 Å². The standard InChI is InChI=1S/C11H4F20O3S.C8H20N/c12-2(1-3(13,14)15)4(16,17)5(18,19)6(20,21)7(22,23)8(24,25)9(26,27)10(28,29)11(30,31)35(32,33)34;1-5-9(6-2,7-3)8-4/h2H,1H2,(H,32,33,34);5-8H2,1-4H3/q;+1/p-1. The second-order valence-corrected chi connectivity index (χ2v) is 10.4. The predicted octanol–water partition coefficient (Wildman–Crippen LogP) is 7.74. The molecular formula is C19H23F20NO3S. The van der Waals surface area contributed by atoms with Gasteiger partial charge >= 0.3 is 52.9 Å². The molecule has 25 heteroatoms. The number of hydrogen-bond donors (Lipinski definition) is 0. The fourth-order valence-corrected chi connectivity index (χ4v) is 3.65. The van der Waals surface area contributed by atoms with Gasteiger partial charge < -0.3 is 9.04 Å². The number of hydrogen-bond acceptors (Lipinski definition) is 3. The minimum atomic E-state index is -9.13. The molecule has 0 aliphatic rings. The average molecular weight is 725 g/mol. The van der Waals surface area contributed by atoms with Gasteiger partial charge in [0, 0.05) is 0 Å². The smallest absolute Gasteiger partial charge is 0.402 e. The number of quaternary nitrogens is 1. The van der Waals surface area contributed by atoms with Gasteiger partial charge in [0.15, 0.2) is 16.3 Å². The molecule has 0 saturated carbocycles. The zero-order chi connectivity index (χ0) is 36.6. The molecule has 0 fully saturated rings. The summed E-state index contributed by atoms with van der Waals surface area (Å²) in [5.41, 5.74) is 0. The van der Waals surface area contributed by atoms with E-state index in [4.69, 9.17) is 0 Å². The van der Waals surface area contributed by atoms with Crippen LogP contribution in [0.3, 0.4) is 0 Å². The molecule has 44 heavy (non-hydrogen) atoms. The van der Waals surface area contributed by atoms with E-state index in [1.807, 2.05) is 0 Å². The highest BCUT2D eigenvalue weighted by Crippen LogP contribution is 2.64. The van der Waals surface area contributed by atoms with Crippen molar-refractivity contribution in [3.8, 4) is 0 Å². The topological polar surface area (TPSA) is 57.2 Å². The van der Waals surface area contributed by atoms with Gasteiger partial charge in [-0.15, -0.1) is 0 Å². The monoisotopic (exact) mass is 725 g/mol. The predicted molar refractivity (Wildman–Crippen MR) is 107 cm³/mol. The highest BCUT2D eigenvalue weighted by atomic mass is 32.2. The molecule has 0 N–H and O–H groups in total. The molecule has 0 rings (SSSR count). The molecule has 0 bridgehead atoms. The first-order chi connectivity index (χ1) is 18.9. The zero-order valence-electron chi connectivity index (χ0n) is 22.3. The number of halogens is 20. The summed E-state index contributed by atoms with van der Waals surface area (Å²) >= 11 is 0. The maximum absolute atomic E-state index is 13.4. The third-order valence-corrected chi connectivity index (χ3v) is 7.44. The third kappa shape index (κ3) is 7.22. The second-order valence-electron chi connectivity index (χ2n) is 8.93. The van der Waals surface area contributed by atoms with Crippen LogP contribution >= 0.6 is 0 Å². The van der Waals surface area contributed by atoms with E-state index < -0.39 is 75.6 Å². The van der Waals surface area contributed by atoms with Crippen molar-refractivity contribution in [2.24, 2.45) is 0 Å². The summed E-state index contributed by atoms with van der Waals surface area (Å²) in [6.07, 6.45) is -15.9. The van der Waals surface area contributed by atoms with Crippen LogP contribution in [0.5, 0.6) is 0 Å². The lowest BCUT2D eigenvalue weighted by Crippen LogP contribution is -2.75. The van der Waals surface area contributed by atoms with Crippen molar-refractivity contribution >= 4 is 10.1 Å². The van der Waals surface area contributed by atoms with Crippen molar-refractivity contribution in [1.82, 2.24) is 0 Å². The molecule has 0 aromatic heterocycles. The maximum atomic E-state index is 13.4. The fraction of sp³-hybridized carbons (Fsp3) is 1.00. The average Bonchev–Trinajstić information content (AvgIpc) is 2.83. The van der Waals surface area contributed by atoms with Gasteiger partial charge in [0.2, 0.25) is 0 Å². The van der Waals surface area contributed by atoms with Crippen LogP contribution in [0, 0.1) is 0 Å². The van der Waals surface area contributed by atoms with Crippen molar-refractivity contribution in [1.29, 1.82) is 0 Å². The molecule has 4 nitrogen and oxygen atoms in total. The molecular weight excluding hydrogens is 702 g/mol. The second kappa shape index (κ2) is 12.9. The molecule has 0 aromatic rings. The number of alkyl halides is 20. The fourth-order valence-electron chi connectivity index (χ4n) is 3.21. The minimum Gasteiger partial charge on any atom is -0.743 e. The molecule has 0 saturated heterocycles. The van der Waals surface area contributed by atoms with E-state index in [0.717, 1.165) is 0 Å². The molecule has 0 amide bonds. The molecule has 0 radical (unpaired) electrons. The van der Waals surface area contributed by atoms with E-state index in [1.165, 1.54) is 30.7 Å². The Morgan fingerprint density at radius 3 is 0.977 bits per heavy atom. The Kier molecular flexibility index (Phi) is 13.1. The van der Waals surface area contributed by atoms with Crippen molar-refractivity contribution in [3.05, 3.63) is 0 Å². The van der Waals surface area contributed by atoms with Crippen LogP contribution in [0.15, 0.2) is 0 Å². The van der Waals surface area contributed by atoms with Crippen LogP contribution in [0.2, 0.25) is 0 Å². The Hall–Kier alpha value is -1.53. The molecule has 0 aromatic carbocycles. The van der Waals surface area contributed by atoms with Crippen molar-refractivity contribution in [2.45, 2.75) is 93.2 Å². The highest BCUT2D eigenvalue weighted by Gasteiger charge is 2.95. The first-order valence-electron chi connectivity index (χ1n) is 11.4. The number of rotatable bonds is 14. The van der Waals surface area contributed by atoms with Crippen LogP contribution in [0.25, 0.3) is 0 Å². The van der Waals surface area contributed by atoms with Gasteiger partial charge in [-0.1, -0.05) is 0 Å². The van der Waals surface area contributed by atoms with Crippen LogP contribution in [-0.2, 0) is 10.1 Å². The minimum absolute atomic E-state index is 1.28. The van der Waals surface area contributed by atoms with Gasteiger partial charge in [0.05, 0.1) is 32.6 Å². The van der Waals surface area contributed by atoms with E-state index in [0.29, 0.717) is 0 Å². The lowest BCUT2D eigenvalue weighted by Gasteiger charge is -2.44. The summed E-state index contributed by atoms with van der Waals surface area (Å²) in [6.45, 7) is 14.2. The zero-order valence-corrected chi connectivity index (χ0v) is 23.1. The van der Waals surface area contributed by atoms with Gasteiger partial charge in [-0.25, -0.2) is 12.8 Å². The van der Waals surface area contributed by atoms with E-state index in [1.54, 1.807) is 0 Å². The summed E-state index contributed by atoms with van der Waals surface area (Å²) in [7, 11) is -8.27. The Balaban J connectivity index is 0. The van der Waals surface area contributed by atoms with Crippen LogP contribution in [0.1, 0.15) is 34.1 Å². The Morgan fingerprint density at radius 1 is 0.523 bits per heavy atom. The molecule has 0 aliphatic heterocycles. The van der Waals surface area contributed by atoms with Crippen molar-refractivity contribution < 1.29 is 105 Å². The highest BCUT2D eigenvalue weighted by molar-refractivity contribution is 7.86. The van der Waals surface area contributed by atoms with E-state index in [9.17, 15) is 101 Å². The van der Waals surface area contributed by atoms with Crippen LogP contribution in [0.4, 0.5) is 87.8 Å². The number of nitrogens with zero attached hydrogens (tertiary/aromatic N) is 1. The molecule has 0 spiro atoms. The normalized spacial score (nSPS) is 16.4. The summed E-state index contributed by atoms with van der Waals surface area (Å²) in [6, 6.07) is 0. The van der Waals surface area contributed by atoms with Gasteiger partial charge in [0.25, 0.3) is 0 Å². The lowest BCUT2D eigenvalue weighted by atomic mass is 9.87. The van der Waals surface area contributed by atoms with Crippen LogP contribution in [-0.4, -0.2) is 103 Å². The SMILES string of the molecule is CC[N+](CC)(CC)CC.O=S(=O)([O-])C(F)(F)C(F)(F)C(F)(F)C(F)(F)C(F)(F)C(F)(F)C(F)(F)C(F)(F)C(F)CC(F)(F)F. The lowest BCUT2D eigenvalue weighted by molar-refractivity contribution is -0.921. The molecule has 1 unspecified atom stereocenters. The Bertz CT molecular complexity index is 1040. The summed E-state index contributed by atoms with van der Waals surface area (Å²) in [5, 5.41) is -8.08. The van der Waals surface area contributed by atoms with E-state index in [-0.39, 0.29) is 0 Å². The molecule has 268 valence electrons. The van der Waals surface area contributed by atoms with Crippen molar-refractivity contribution in [2.75, 3.05) is 26.2 Å². The van der Waals surface area contributed by atoms with Crippen LogP contribution < -0.4 is 0 Å². The van der Waals surface area contributed by atoms with Gasteiger partial charge in [-0.2, -0.15) is 83.4 Å². The van der Waals surface area contributed by atoms with E-state index >= 15 is 0 Å². The Labute approximate surface area is 235 Å². The molecule has 0 aliphatic carbocycles. The first kappa shape index (κ1) is 44.6.